The predicted molar refractivity (Wildman–Crippen MR) is 47.7 cm³/mol. The van der Waals surface area contributed by atoms with Gasteiger partial charge in [0.05, 0.1) is 12.2 Å². The summed E-state index contributed by atoms with van der Waals surface area (Å²) in [6, 6.07) is 0. The van der Waals surface area contributed by atoms with Crippen molar-refractivity contribution in [1.82, 2.24) is 0 Å². The largest absolute Gasteiger partial charge is 0.370 e. The zero-order valence-corrected chi connectivity index (χ0v) is 7.81. The Morgan fingerprint density at radius 3 is 2.27 bits per heavy atom. The van der Waals surface area contributed by atoms with Crippen molar-refractivity contribution in [2.75, 3.05) is 0 Å². The highest BCUT2D eigenvalue weighted by Gasteiger charge is 2.36. The number of unbranched alkanes of at least 4 members (excludes halogenated alkanes) is 2. The van der Waals surface area contributed by atoms with Gasteiger partial charge in [0.2, 0.25) is 0 Å². The lowest BCUT2D eigenvalue weighted by molar-refractivity contribution is 0.351. The number of epoxide rings is 1. The van der Waals surface area contributed by atoms with Gasteiger partial charge < -0.3 is 4.74 Å². The monoisotopic (exact) mass is 156 g/mol. The van der Waals surface area contributed by atoms with E-state index in [0.717, 1.165) is 0 Å². The number of hydrogen-bond acceptors (Lipinski definition) is 1. The molecule has 1 rings (SSSR count). The summed E-state index contributed by atoms with van der Waals surface area (Å²) in [5, 5.41) is 0. The summed E-state index contributed by atoms with van der Waals surface area (Å²) in [7, 11) is 0. The fraction of sp³-hybridized carbons (Fsp3) is 1.00. The van der Waals surface area contributed by atoms with Crippen LogP contribution in [0.4, 0.5) is 0 Å². The van der Waals surface area contributed by atoms with E-state index in [-0.39, 0.29) is 0 Å². The van der Waals surface area contributed by atoms with E-state index in [1.165, 1.54) is 38.5 Å². The van der Waals surface area contributed by atoms with Gasteiger partial charge in [0.1, 0.15) is 0 Å². The van der Waals surface area contributed by atoms with E-state index >= 15 is 0 Å². The van der Waals surface area contributed by atoms with Gasteiger partial charge in [-0.25, -0.2) is 0 Å². The average Bonchev–Trinajstić information content (AvgIpc) is 2.70. The minimum absolute atomic E-state index is 0.636. The van der Waals surface area contributed by atoms with Crippen molar-refractivity contribution in [3.8, 4) is 0 Å². The van der Waals surface area contributed by atoms with Crippen molar-refractivity contribution in [1.29, 1.82) is 0 Å². The zero-order chi connectivity index (χ0) is 8.10. The summed E-state index contributed by atoms with van der Waals surface area (Å²) in [5.41, 5.74) is 0. The van der Waals surface area contributed by atoms with Crippen LogP contribution in [0.5, 0.6) is 0 Å². The van der Waals surface area contributed by atoms with Crippen LogP contribution in [0.3, 0.4) is 0 Å². The van der Waals surface area contributed by atoms with E-state index in [0.29, 0.717) is 12.2 Å². The molecule has 0 bridgehead atoms. The molecule has 0 saturated carbocycles. The molecule has 0 unspecified atom stereocenters. The van der Waals surface area contributed by atoms with Crippen molar-refractivity contribution < 1.29 is 4.74 Å². The Labute approximate surface area is 70.1 Å². The first kappa shape index (κ1) is 9.05. The van der Waals surface area contributed by atoms with Crippen LogP contribution in [0.2, 0.25) is 0 Å². The van der Waals surface area contributed by atoms with E-state index in [2.05, 4.69) is 13.8 Å². The van der Waals surface area contributed by atoms with E-state index in [9.17, 15) is 0 Å². The van der Waals surface area contributed by atoms with Gasteiger partial charge in [0.15, 0.2) is 0 Å². The second-order valence-corrected chi connectivity index (χ2v) is 3.50. The SMILES string of the molecule is CCCCC[C@@H]1O[C@H]1CCC. The molecule has 1 aliphatic heterocycles. The summed E-state index contributed by atoms with van der Waals surface area (Å²) in [6.07, 6.45) is 9.19. The highest BCUT2D eigenvalue weighted by Crippen LogP contribution is 2.30. The molecule has 1 heteroatoms. The van der Waals surface area contributed by atoms with E-state index in [1.54, 1.807) is 0 Å². The molecule has 0 radical (unpaired) electrons. The molecule has 0 aliphatic carbocycles. The van der Waals surface area contributed by atoms with Crippen molar-refractivity contribution in [2.45, 2.75) is 64.6 Å². The summed E-state index contributed by atoms with van der Waals surface area (Å²) >= 11 is 0. The van der Waals surface area contributed by atoms with Gasteiger partial charge in [0.25, 0.3) is 0 Å². The van der Waals surface area contributed by atoms with Crippen molar-refractivity contribution in [3.63, 3.8) is 0 Å². The molecule has 1 heterocycles. The fourth-order valence-electron chi connectivity index (χ4n) is 1.57. The minimum atomic E-state index is 0.636. The molecular weight excluding hydrogens is 136 g/mol. The zero-order valence-electron chi connectivity index (χ0n) is 7.81. The fourth-order valence-corrected chi connectivity index (χ4v) is 1.57. The van der Waals surface area contributed by atoms with Gasteiger partial charge in [-0.15, -0.1) is 0 Å². The number of ether oxygens (including phenoxy) is 1. The molecule has 0 aromatic heterocycles. The molecule has 0 aromatic carbocycles. The molecule has 0 spiro atoms. The average molecular weight is 156 g/mol. The van der Waals surface area contributed by atoms with Gasteiger partial charge in [0, 0.05) is 0 Å². The molecule has 66 valence electrons. The second-order valence-electron chi connectivity index (χ2n) is 3.50. The highest BCUT2D eigenvalue weighted by atomic mass is 16.6. The Morgan fingerprint density at radius 1 is 0.909 bits per heavy atom. The Bertz CT molecular complexity index is 101. The normalized spacial score (nSPS) is 28.9. The quantitative estimate of drug-likeness (QED) is 0.425. The van der Waals surface area contributed by atoms with Crippen LogP contribution in [-0.2, 0) is 4.74 Å². The van der Waals surface area contributed by atoms with E-state index in [4.69, 9.17) is 4.74 Å². The Kier molecular flexibility index (Phi) is 3.92. The van der Waals surface area contributed by atoms with Crippen molar-refractivity contribution >= 4 is 0 Å². The summed E-state index contributed by atoms with van der Waals surface area (Å²) in [6.45, 7) is 4.47. The van der Waals surface area contributed by atoms with Gasteiger partial charge in [-0.2, -0.15) is 0 Å². The minimum Gasteiger partial charge on any atom is -0.370 e. The maximum atomic E-state index is 5.50. The third-order valence-electron chi connectivity index (χ3n) is 2.35. The Morgan fingerprint density at radius 2 is 1.64 bits per heavy atom. The Hall–Kier alpha value is -0.0400. The molecule has 1 aliphatic rings. The van der Waals surface area contributed by atoms with Crippen LogP contribution >= 0.6 is 0 Å². The standard InChI is InChI=1S/C10H20O/c1-3-5-6-8-10-9(11-10)7-4-2/h9-10H,3-8H2,1-2H3/t9-,10-/m0/s1. The third kappa shape index (κ3) is 3.24. The topological polar surface area (TPSA) is 12.5 Å². The smallest absolute Gasteiger partial charge is 0.0841 e. The molecule has 0 amide bonds. The maximum absolute atomic E-state index is 5.50. The molecule has 1 saturated heterocycles. The van der Waals surface area contributed by atoms with Crippen LogP contribution < -0.4 is 0 Å². The highest BCUT2D eigenvalue weighted by molar-refractivity contribution is 4.83. The molecule has 0 aromatic rings. The lowest BCUT2D eigenvalue weighted by Gasteiger charge is -1.93. The second kappa shape index (κ2) is 4.76. The summed E-state index contributed by atoms with van der Waals surface area (Å²) in [4.78, 5) is 0. The summed E-state index contributed by atoms with van der Waals surface area (Å²) < 4.78 is 5.50. The molecule has 1 nitrogen and oxygen atoms in total. The van der Waals surface area contributed by atoms with E-state index < -0.39 is 0 Å². The molecule has 2 atom stereocenters. The van der Waals surface area contributed by atoms with E-state index in [1.807, 2.05) is 0 Å². The molecular formula is C10H20O. The third-order valence-corrected chi connectivity index (χ3v) is 2.35. The van der Waals surface area contributed by atoms with Gasteiger partial charge >= 0.3 is 0 Å². The van der Waals surface area contributed by atoms with Crippen LogP contribution in [0.15, 0.2) is 0 Å². The first-order valence-electron chi connectivity index (χ1n) is 5.04. The first-order valence-corrected chi connectivity index (χ1v) is 5.04. The summed E-state index contributed by atoms with van der Waals surface area (Å²) in [5.74, 6) is 0. The van der Waals surface area contributed by atoms with Crippen LogP contribution in [0.1, 0.15) is 52.4 Å². The van der Waals surface area contributed by atoms with Crippen LogP contribution in [0.25, 0.3) is 0 Å². The van der Waals surface area contributed by atoms with Crippen LogP contribution in [0, 0.1) is 0 Å². The molecule has 1 fully saturated rings. The number of rotatable bonds is 6. The van der Waals surface area contributed by atoms with Gasteiger partial charge in [-0.05, 0) is 12.8 Å². The molecule has 11 heavy (non-hydrogen) atoms. The van der Waals surface area contributed by atoms with Gasteiger partial charge in [-0.1, -0.05) is 39.5 Å². The molecule has 0 N–H and O–H groups in total. The number of hydrogen-bond donors (Lipinski definition) is 0. The maximum Gasteiger partial charge on any atom is 0.0841 e. The Balaban J connectivity index is 1.87. The predicted octanol–water partition coefficient (Wildman–Crippen LogP) is 3.13. The first-order chi connectivity index (χ1) is 5.38. The van der Waals surface area contributed by atoms with Crippen molar-refractivity contribution in [3.05, 3.63) is 0 Å². The van der Waals surface area contributed by atoms with Crippen LogP contribution in [-0.4, -0.2) is 12.2 Å². The lowest BCUT2D eigenvalue weighted by Crippen LogP contribution is -1.92. The van der Waals surface area contributed by atoms with Gasteiger partial charge in [-0.3, -0.25) is 0 Å². The lowest BCUT2D eigenvalue weighted by atomic mass is 10.1. The van der Waals surface area contributed by atoms with Crippen molar-refractivity contribution in [2.24, 2.45) is 0 Å².